The lowest BCUT2D eigenvalue weighted by molar-refractivity contribution is -0.128. The largest absolute Gasteiger partial charge is 0.497 e. The van der Waals surface area contributed by atoms with Gasteiger partial charge in [0.15, 0.2) is 5.17 Å². The number of methoxy groups -OCH3 is 1. The van der Waals surface area contributed by atoms with Crippen LogP contribution in [0.25, 0.3) is 0 Å². The Morgan fingerprint density at radius 2 is 1.60 bits per heavy atom. The molecule has 0 spiro atoms. The van der Waals surface area contributed by atoms with E-state index in [0.717, 1.165) is 5.56 Å². The zero-order valence-electron chi connectivity index (χ0n) is 22.6. The number of benzene rings is 3. The molecule has 0 radical (unpaired) electrons. The molecule has 3 aromatic rings. The minimum atomic E-state index is -0.640. The van der Waals surface area contributed by atoms with Crippen LogP contribution < -0.4 is 14.8 Å². The molecular weight excluding hydrogens is 530 g/mol. The van der Waals surface area contributed by atoms with Gasteiger partial charge >= 0.3 is 5.97 Å². The van der Waals surface area contributed by atoms with E-state index in [-0.39, 0.29) is 31.4 Å². The van der Waals surface area contributed by atoms with Gasteiger partial charge in [-0.2, -0.15) is 0 Å². The fourth-order valence-electron chi connectivity index (χ4n) is 3.96. The second kappa shape index (κ2) is 13.7. The number of carbonyl (C=O) groups excluding carboxylic acids is 3. The number of rotatable bonds is 11. The zero-order chi connectivity index (χ0) is 28.5. The predicted molar refractivity (Wildman–Crippen MR) is 155 cm³/mol. The molecule has 0 bridgehead atoms. The van der Waals surface area contributed by atoms with Gasteiger partial charge in [-0.15, -0.1) is 0 Å². The van der Waals surface area contributed by atoms with Gasteiger partial charge in [-0.1, -0.05) is 23.9 Å². The summed E-state index contributed by atoms with van der Waals surface area (Å²) in [6.45, 7) is 4.78. The predicted octanol–water partition coefficient (Wildman–Crippen LogP) is 5.43. The Morgan fingerprint density at radius 3 is 2.23 bits per heavy atom. The Balaban J connectivity index is 1.51. The molecule has 1 heterocycles. The number of anilines is 1. The highest BCUT2D eigenvalue weighted by atomic mass is 32.2. The van der Waals surface area contributed by atoms with E-state index < -0.39 is 11.2 Å². The maximum Gasteiger partial charge on any atom is 0.338 e. The zero-order valence-corrected chi connectivity index (χ0v) is 23.4. The Morgan fingerprint density at radius 1 is 0.925 bits per heavy atom. The molecule has 10 heteroatoms. The number of amidine groups is 1. The van der Waals surface area contributed by atoms with Crippen LogP contribution >= 0.6 is 11.8 Å². The Hall–Kier alpha value is -4.31. The first-order valence-corrected chi connectivity index (χ1v) is 13.8. The second-order valence-corrected chi connectivity index (χ2v) is 9.92. The molecule has 1 aliphatic rings. The highest BCUT2D eigenvalue weighted by Gasteiger charge is 2.39. The van der Waals surface area contributed by atoms with Crippen LogP contribution in [-0.4, -0.2) is 53.4 Å². The molecule has 2 amide bonds. The molecule has 0 saturated carbocycles. The lowest BCUT2D eigenvalue weighted by Crippen LogP contribution is -2.33. The quantitative estimate of drug-likeness (QED) is 0.311. The van der Waals surface area contributed by atoms with E-state index in [0.29, 0.717) is 40.2 Å². The lowest BCUT2D eigenvalue weighted by atomic mass is 10.2. The molecule has 1 aliphatic heterocycles. The summed E-state index contributed by atoms with van der Waals surface area (Å²) >= 11 is 1.24. The summed E-state index contributed by atoms with van der Waals surface area (Å²) in [6, 6.07) is 21.2. The molecule has 40 heavy (non-hydrogen) atoms. The van der Waals surface area contributed by atoms with E-state index in [2.05, 4.69) is 5.32 Å². The molecule has 4 rings (SSSR count). The number of esters is 1. The summed E-state index contributed by atoms with van der Waals surface area (Å²) in [5.41, 5.74) is 2.50. The van der Waals surface area contributed by atoms with E-state index in [9.17, 15) is 14.4 Å². The highest BCUT2D eigenvalue weighted by Crippen LogP contribution is 2.33. The van der Waals surface area contributed by atoms with Crippen molar-refractivity contribution in [2.45, 2.75) is 32.1 Å². The van der Waals surface area contributed by atoms with Crippen molar-refractivity contribution in [1.29, 1.82) is 0 Å². The Bertz CT molecular complexity index is 1360. The first-order valence-electron chi connectivity index (χ1n) is 12.9. The molecule has 3 aromatic carbocycles. The number of ether oxygens (including phenoxy) is 3. The van der Waals surface area contributed by atoms with Crippen molar-refractivity contribution in [1.82, 2.24) is 4.90 Å². The molecule has 0 unspecified atom stereocenters. The summed E-state index contributed by atoms with van der Waals surface area (Å²) in [5.74, 6) is 0.536. The van der Waals surface area contributed by atoms with Gasteiger partial charge in [-0.3, -0.25) is 14.5 Å². The van der Waals surface area contributed by atoms with Crippen molar-refractivity contribution in [3.8, 4) is 11.5 Å². The van der Waals surface area contributed by atoms with Crippen molar-refractivity contribution < 1.29 is 28.6 Å². The van der Waals surface area contributed by atoms with Gasteiger partial charge in [0.2, 0.25) is 11.8 Å². The minimum absolute atomic E-state index is 0.0172. The van der Waals surface area contributed by atoms with Gasteiger partial charge < -0.3 is 19.5 Å². The third kappa shape index (κ3) is 7.41. The molecule has 0 aliphatic carbocycles. The average molecular weight is 562 g/mol. The summed E-state index contributed by atoms with van der Waals surface area (Å²) < 4.78 is 15.7. The third-order valence-corrected chi connectivity index (χ3v) is 7.12. The first-order chi connectivity index (χ1) is 19.4. The van der Waals surface area contributed by atoms with Crippen LogP contribution in [-0.2, 0) is 20.9 Å². The topological polar surface area (TPSA) is 107 Å². The van der Waals surface area contributed by atoms with E-state index in [4.69, 9.17) is 19.2 Å². The van der Waals surface area contributed by atoms with Gasteiger partial charge in [-0.25, -0.2) is 9.79 Å². The van der Waals surface area contributed by atoms with E-state index in [1.807, 2.05) is 31.2 Å². The minimum Gasteiger partial charge on any atom is -0.497 e. The number of hydrogen-bond acceptors (Lipinski definition) is 8. The second-order valence-electron chi connectivity index (χ2n) is 8.75. The van der Waals surface area contributed by atoms with Crippen LogP contribution in [0.15, 0.2) is 77.8 Å². The Kier molecular flexibility index (Phi) is 9.80. The van der Waals surface area contributed by atoms with E-state index in [1.54, 1.807) is 67.5 Å². The number of aliphatic imine (C=N–C) groups is 1. The number of nitrogens with one attached hydrogen (secondary N) is 1. The van der Waals surface area contributed by atoms with Crippen molar-refractivity contribution in [2.75, 3.05) is 25.6 Å². The van der Waals surface area contributed by atoms with Gasteiger partial charge in [0, 0.05) is 12.1 Å². The van der Waals surface area contributed by atoms with Crippen molar-refractivity contribution in [3.63, 3.8) is 0 Å². The maximum absolute atomic E-state index is 13.5. The summed E-state index contributed by atoms with van der Waals surface area (Å²) in [5, 5.41) is 2.69. The van der Waals surface area contributed by atoms with Gasteiger partial charge in [0.1, 0.15) is 16.7 Å². The van der Waals surface area contributed by atoms with Gasteiger partial charge in [0.05, 0.1) is 38.1 Å². The fourth-order valence-corrected chi connectivity index (χ4v) is 5.12. The number of thioether (sulfide) groups is 1. The summed E-state index contributed by atoms with van der Waals surface area (Å²) in [7, 11) is 1.59. The van der Waals surface area contributed by atoms with Crippen LogP contribution in [0.2, 0.25) is 0 Å². The van der Waals surface area contributed by atoms with Crippen molar-refractivity contribution in [2.24, 2.45) is 4.99 Å². The summed E-state index contributed by atoms with van der Waals surface area (Å²) in [6.07, 6.45) is -0.0172. The average Bonchev–Trinajstić information content (AvgIpc) is 3.23. The molecule has 0 aromatic heterocycles. The molecule has 1 N–H and O–H groups in total. The third-order valence-electron chi connectivity index (χ3n) is 5.94. The standard InChI is InChI=1S/C30H31N3O6S/c1-4-38-25-16-12-22(13-17-25)31-27(34)18-26-28(35)33(19-20-6-14-24(37-3)15-7-20)30(40-26)32-23-10-8-21(9-11-23)29(36)39-5-2/h6-17,26H,4-5,18-19H2,1-3H3,(H,31,34)/t26-/m0/s1. The van der Waals surface area contributed by atoms with Crippen molar-refractivity contribution >= 4 is 46.1 Å². The molecule has 9 nitrogen and oxygen atoms in total. The summed E-state index contributed by atoms with van der Waals surface area (Å²) in [4.78, 5) is 44.6. The van der Waals surface area contributed by atoms with Crippen LogP contribution in [0.3, 0.4) is 0 Å². The Labute approximate surface area is 237 Å². The number of hydrogen-bond donors (Lipinski definition) is 1. The lowest BCUT2D eigenvalue weighted by Gasteiger charge is -2.17. The van der Waals surface area contributed by atoms with Gasteiger partial charge in [-0.05, 0) is 80.1 Å². The van der Waals surface area contributed by atoms with E-state index in [1.165, 1.54) is 11.8 Å². The molecule has 1 atom stereocenters. The molecule has 1 fully saturated rings. The number of carbonyl (C=O) groups is 3. The number of nitrogens with zero attached hydrogens (tertiary/aromatic N) is 2. The smallest absolute Gasteiger partial charge is 0.338 e. The fraction of sp³-hybridized carbons (Fsp3) is 0.267. The van der Waals surface area contributed by atoms with E-state index >= 15 is 0 Å². The first kappa shape index (κ1) is 28.7. The van der Waals surface area contributed by atoms with Crippen molar-refractivity contribution in [3.05, 3.63) is 83.9 Å². The van der Waals surface area contributed by atoms with Crippen LogP contribution in [0, 0.1) is 0 Å². The normalized spacial score (nSPS) is 15.7. The van der Waals surface area contributed by atoms with Crippen LogP contribution in [0.5, 0.6) is 11.5 Å². The molecule has 208 valence electrons. The number of amides is 2. The van der Waals surface area contributed by atoms with Gasteiger partial charge in [0.25, 0.3) is 0 Å². The van der Waals surface area contributed by atoms with Crippen LogP contribution in [0.4, 0.5) is 11.4 Å². The maximum atomic E-state index is 13.5. The SMILES string of the molecule is CCOC(=O)c1ccc(N=C2S[C@@H](CC(=O)Nc3ccc(OCC)cc3)C(=O)N2Cc2ccc(OC)cc2)cc1. The monoisotopic (exact) mass is 561 g/mol. The molecular formula is C30H31N3O6S. The van der Waals surface area contributed by atoms with Crippen LogP contribution in [0.1, 0.15) is 36.2 Å². The highest BCUT2D eigenvalue weighted by molar-refractivity contribution is 8.15. The molecule has 1 saturated heterocycles.